The molecule has 6 atom stereocenters. The number of amides is 2. The fraction of sp³-hybridized carbons (Fsp3) is 0.517. The van der Waals surface area contributed by atoms with Crippen molar-refractivity contribution in [2.24, 2.45) is 17.6 Å². The summed E-state index contributed by atoms with van der Waals surface area (Å²) in [5.41, 5.74) is 6.12. The van der Waals surface area contributed by atoms with E-state index in [0.29, 0.717) is 12.0 Å². The van der Waals surface area contributed by atoms with Crippen LogP contribution in [0.4, 0.5) is 4.79 Å². The zero-order chi connectivity index (χ0) is 30.1. The molecule has 11 nitrogen and oxygen atoms in total. The molecule has 1 heterocycles. The molecule has 4 N–H and O–H groups in total. The van der Waals surface area contributed by atoms with E-state index in [9.17, 15) is 24.3 Å². The van der Waals surface area contributed by atoms with Gasteiger partial charge in [-0.3, -0.25) is 14.4 Å². The van der Waals surface area contributed by atoms with E-state index in [4.69, 9.17) is 24.7 Å². The van der Waals surface area contributed by atoms with Crippen molar-refractivity contribution in [1.82, 2.24) is 5.32 Å². The van der Waals surface area contributed by atoms with Crippen LogP contribution in [0.25, 0.3) is 0 Å². The first-order chi connectivity index (χ1) is 18.8. The Balaban J connectivity index is 2.60. The zero-order valence-electron chi connectivity index (χ0n) is 24.1. The summed E-state index contributed by atoms with van der Waals surface area (Å²) in [5.74, 6) is -2.39. The van der Waals surface area contributed by atoms with Crippen LogP contribution in [0.5, 0.6) is 0 Å². The average Bonchev–Trinajstić information content (AvgIpc) is 2.90. The minimum absolute atomic E-state index is 0.0801. The standard InChI is InChI=1S/C29H40N2O9/c1-15-11-19-25(34)20(14-21(32)27(19)39-7)31-28(35)16(2)9-8-10-22(37-5)26(40-29(30)36)18(4)13-17(3)24(33)23(12-15)38-6/h8-10,13-15,17,22-24,26,33H,11-12H2,1-7H3,(H2,30,36)(H,31,35)/b10-8+,16-9-,18-13-/t15-,17+,22-,23-,24+,26-/m1/s1. The first-order valence-electron chi connectivity index (χ1n) is 13.0. The molecule has 2 bridgehead atoms. The molecule has 2 amide bonds. The number of hydrogen-bond acceptors (Lipinski definition) is 9. The molecule has 0 radical (unpaired) electrons. The SMILES string of the molecule is COC1=C2C[C@@H](C)C[C@@H](OC)[C@@H](O)[C@@H](C)/C=C(/C)[C@@H](OC(N)=O)[C@H](OC)/C=C/C=C(/C)C(=O)NC(=CC1=O)C2=O. The highest BCUT2D eigenvalue weighted by Gasteiger charge is 2.34. The Morgan fingerprint density at radius 1 is 1.10 bits per heavy atom. The van der Waals surface area contributed by atoms with Crippen molar-refractivity contribution in [3.05, 3.63) is 58.6 Å². The molecule has 0 saturated carbocycles. The van der Waals surface area contributed by atoms with E-state index >= 15 is 0 Å². The van der Waals surface area contributed by atoms with Gasteiger partial charge >= 0.3 is 6.09 Å². The van der Waals surface area contributed by atoms with Gasteiger partial charge in [-0.25, -0.2) is 4.79 Å². The van der Waals surface area contributed by atoms with Crippen molar-refractivity contribution < 1.29 is 43.2 Å². The molecule has 1 aliphatic carbocycles. The third kappa shape index (κ3) is 8.23. The molecule has 1 aliphatic heterocycles. The third-order valence-corrected chi connectivity index (χ3v) is 6.95. The molecule has 11 heteroatoms. The van der Waals surface area contributed by atoms with Crippen LogP contribution in [0.15, 0.2) is 58.6 Å². The summed E-state index contributed by atoms with van der Waals surface area (Å²) in [6, 6.07) is 0. The number of Topliss-reactive ketones (excluding diaryl/α,β-unsaturated/α-hetero) is 1. The fourth-order valence-corrected chi connectivity index (χ4v) is 4.78. The van der Waals surface area contributed by atoms with Crippen LogP contribution in [-0.2, 0) is 33.3 Å². The van der Waals surface area contributed by atoms with Gasteiger partial charge in [0.1, 0.15) is 6.10 Å². The van der Waals surface area contributed by atoms with E-state index in [0.717, 1.165) is 6.08 Å². The minimum atomic E-state index is -1.00. The van der Waals surface area contributed by atoms with E-state index in [2.05, 4.69) is 5.32 Å². The second-order valence-electron chi connectivity index (χ2n) is 10.1. The van der Waals surface area contributed by atoms with Crippen molar-refractivity contribution in [3.63, 3.8) is 0 Å². The number of nitrogens with one attached hydrogen (secondary N) is 1. The van der Waals surface area contributed by atoms with E-state index < -0.39 is 53.9 Å². The molecule has 0 unspecified atom stereocenters. The Kier molecular flexibility index (Phi) is 12.0. The number of primary amides is 1. The molecule has 0 aromatic rings. The van der Waals surface area contributed by atoms with Crippen molar-refractivity contribution in [2.45, 2.75) is 65.0 Å². The molecule has 0 fully saturated rings. The van der Waals surface area contributed by atoms with Crippen LogP contribution >= 0.6 is 0 Å². The van der Waals surface area contributed by atoms with Crippen molar-refractivity contribution in [1.29, 1.82) is 0 Å². The maximum atomic E-state index is 13.3. The average molecular weight is 561 g/mol. The van der Waals surface area contributed by atoms with Crippen LogP contribution in [0, 0.1) is 11.8 Å². The van der Waals surface area contributed by atoms with Crippen LogP contribution in [0.1, 0.15) is 40.5 Å². The summed E-state index contributed by atoms with van der Waals surface area (Å²) in [4.78, 5) is 50.6. The van der Waals surface area contributed by atoms with Gasteiger partial charge in [0, 0.05) is 37.4 Å². The number of allylic oxidation sites excluding steroid dienone is 4. The summed E-state index contributed by atoms with van der Waals surface area (Å²) in [5, 5.41) is 13.7. The molecular weight excluding hydrogens is 520 g/mol. The second kappa shape index (κ2) is 14.7. The van der Waals surface area contributed by atoms with Gasteiger partial charge in [0.2, 0.25) is 11.6 Å². The molecule has 2 aliphatic rings. The van der Waals surface area contributed by atoms with Crippen LogP contribution < -0.4 is 11.1 Å². The molecule has 0 spiro atoms. The lowest BCUT2D eigenvalue weighted by Crippen LogP contribution is -2.37. The number of hydrogen-bond donors (Lipinski definition) is 3. The van der Waals surface area contributed by atoms with Gasteiger partial charge < -0.3 is 35.1 Å². The number of ketones is 2. The Morgan fingerprint density at radius 3 is 2.35 bits per heavy atom. The van der Waals surface area contributed by atoms with E-state index in [-0.39, 0.29) is 34.9 Å². The quantitative estimate of drug-likeness (QED) is 0.346. The first kappa shape index (κ1) is 32.7. The highest BCUT2D eigenvalue weighted by molar-refractivity contribution is 6.23. The number of carbonyl (C=O) groups excluding carboxylic acids is 4. The Morgan fingerprint density at radius 2 is 1.77 bits per heavy atom. The van der Waals surface area contributed by atoms with Gasteiger partial charge in [-0.05, 0) is 38.2 Å². The number of methoxy groups -OCH3 is 3. The van der Waals surface area contributed by atoms with Crippen molar-refractivity contribution in [3.8, 4) is 0 Å². The normalized spacial score (nSPS) is 32.7. The number of nitrogens with two attached hydrogens (primary N) is 1. The summed E-state index contributed by atoms with van der Waals surface area (Å²) < 4.78 is 21.7. The summed E-state index contributed by atoms with van der Waals surface area (Å²) >= 11 is 0. The molecule has 0 aromatic heterocycles. The molecular formula is C29H40N2O9. The number of fused-ring (bicyclic) bond motifs is 2. The van der Waals surface area contributed by atoms with Gasteiger partial charge in [-0.2, -0.15) is 0 Å². The lowest BCUT2D eigenvalue weighted by atomic mass is 9.85. The summed E-state index contributed by atoms with van der Waals surface area (Å²) in [7, 11) is 4.21. The number of aliphatic hydroxyl groups excluding tert-OH is 1. The number of aliphatic hydroxyl groups is 1. The van der Waals surface area contributed by atoms with Gasteiger partial charge in [0.15, 0.2) is 11.9 Å². The Labute approximate surface area is 234 Å². The Hall–Kier alpha value is -3.54. The smallest absolute Gasteiger partial charge is 0.405 e. The lowest BCUT2D eigenvalue weighted by molar-refractivity contribution is -0.120. The first-order valence-corrected chi connectivity index (χ1v) is 13.0. The maximum Gasteiger partial charge on any atom is 0.405 e. The minimum Gasteiger partial charge on any atom is -0.492 e. The largest absolute Gasteiger partial charge is 0.492 e. The monoisotopic (exact) mass is 560 g/mol. The van der Waals surface area contributed by atoms with Gasteiger partial charge in [-0.15, -0.1) is 0 Å². The number of rotatable bonds is 4. The maximum absolute atomic E-state index is 13.3. The van der Waals surface area contributed by atoms with Crippen LogP contribution in [0.3, 0.4) is 0 Å². The second-order valence-corrected chi connectivity index (χ2v) is 10.1. The zero-order valence-corrected chi connectivity index (χ0v) is 24.1. The topological polar surface area (TPSA) is 163 Å². The summed E-state index contributed by atoms with van der Waals surface area (Å²) in [6.07, 6.45) is 3.61. The van der Waals surface area contributed by atoms with Crippen molar-refractivity contribution >= 4 is 23.6 Å². The summed E-state index contributed by atoms with van der Waals surface area (Å²) in [6.45, 7) is 6.92. The molecule has 0 aromatic carbocycles. The highest BCUT2D eigenvalue weighted by atomic mass is 16.6. The van der Waals surface area contributed by atoms with E-state index in [1.165, 1.54) is 34.3 Å². The predicted molar refractivity (Wildman–Crippen MR) is 147 cm³/mol. The Bertz CT molecular complexity index is 1150. The van der Waals surface area contributed by atoms with E-state index in [1.54, 1.807) is 32.1 Å². The van der Waals surface area contributed by atoms with Gasteiger partial charge in [0.05, 0.1) is 25.0 Å². The molecule has 220 valence electrons. The molecule has 40 heavy (non-hydrogen) atoms. The van der Waals surface area contributed by atoms with Gasteiger partial charge in [0.25, 0.3) is 5.91 Å². The van der Waals surface area contributed by atoms with Crippen LogP contribution in [0.2, 0.25) is 0 Å². The third-order valence-electron chi connectivity index (χ3n) is 6.95. The van der Waals surface area contributed by atoms with E-state index in [1.807, 2.05) is 6.92 Å². The molecule has 0 saturated heterocycles. The lowest BCUT2D eigenvalue weighted by Gasteiger charge is -2.29. The number of ether oxygens (including phenoxy) is 4. The van der Waals surface area contributed by atoms with Gasteiger partial charge in [-0.1, -0.05) is 38.2 Å². The van der Waals surface area contributed by atoms with Crippen molar-refractivity contribution in [2.75, 3.05) is 21.3 Å². The fourth-order valence-electron chi connectivity index (χ4n) is 4.78. The van der Waals surface area contributed by atoms with Crippen LogP contribution in [-0.4, -0.2) is 74.4 Å². The molecule has 2 rings (SSSR count). The highest BCUT2D eigenvalue weighted by Crippen LogP contribution is 2.29. The predicted octanol–water partition coefficient (Wildman–Crippen LogP) is 2.41. The number of carbonyl (C=O) groups is 4.